The second-order valence-electron chi connectivity index (χ2n) is 5.42. The largest absolute Gasteiger partial charge is 0.507 e. The number of halogens is 2. The van der Waals surface area contributed by atoms with Gasteiger partial charge in [0.2, 0.25) is 0 Å². The maximum atomic E-state index is 10.1. The van der Waals surface area contributed by atoms with E-state index in [4.69, 9.17) is 4.74 Å². The van der Waals surface area contributed by atoms with Gasteiger partial charge in [-0.05, 0) is 54.3 Å². The molecular weight excluding hydrogens is 403 g/mol. The molecule has 0 bridgehead atoms. The van der Waals surface area contributed by atoms with Crippen molar-refractivity contribution in [3.63, 3.8) is 0 Å². The maximum Gasteiger partial charge on any atom is 0.123 e. The summed E-state index contributed by atoms with van der Waals surface area (Å²) in [6.07, 6.45) is 0. The Morgan fingerprint density at radius 3 is 2.67 bits per heavy atom. The van der Waals surface area contributed by atoms with Crippen LogP contribution in [0.25, 0.3) is 0 Å². The van der Waals surface area contributed by atoms with Gasteiger partial charge in [-0.3, -0.25) is 4.90 Å². The molecule has 0 spiro atoms. The molecule has 21 heavy (non-hydrogen) atoms. The van der Waals surface area contributed by atoms with Crippen molar-refractivity contribution in [2.75, 3.05) is 46.4 Å². The molecule has 120 valence electrons. The first-order valence-electron chi connectivity index (χ1n) is 7.03. The molecule has 4 nitrogen and oxygen atoms in total. The molecule has 6 heteroatoms. The molecule has 0 amide bonds. The summed E-state index contributed by atoms with van der Waals surface area (Å²) in [6, 6.07) is 4.07. The number of phenolic OH excluding ortho intramolecular Hbond substituents is 1. The minimum atomic E-state index is 0. The Hall–Kier alpha value is -0.0800. The first-order valence-corrected chi connectivity index (χ1v) is 8.11. The van der Waals surface area contributed by atoms with E-state index < -0.39 is 0 Å². The van der Waals surface area contributed by atoms with Crippen LogP contribution in [-0.4, -0.2) is 61.3 Å². The third-order valence-corrected chi connectivity index (χ3v) is 4.31. The minimum Gasteiger partial charge on any atom is -0.507 e. The number of hydrogen-bond donors (Lipinski definition) is 1. The maximum absolute atomic E-state index is 10.1. The van der Waals surface area contributed by atoms with Crippen LogP contribution in [0.4, 0.5) is 0 Å². The highest BCUT2D eigenvalue weighted by Crippen LogP contribution is 2.25. The smallest absolute Gasteiger partial charge is 0.123 e. The van der Waals surface area contributed by atoms with Gasteiger partial charge in [0.1, 0.15) is 5.75 Å². The van der Waals surface area contributed by atoms with Crippen LogP contribution >= 0.6 is 35.0 Å². The Morgan fingerprint density at radius 2 is 2.00 bits per heavy atom. The number of benzene rings is 1. The molecular formula is C15H24ClIN2O2. The minimum absolute atomic E-state index is 0. The summed E-state index contributed by atoms with van der Waals surface area (Å²) >= 11 is 2.30. The first kappa shape index (κ1) is 19.0. The zero-order valence-electron chi connectivity index (χ0n) is 12.6. The number of hydrogen-bond acceptors (Lipinski definition) is 4. The Labute approximate surface area is 147 Å². The number of aryl methyl sites for hydroxylation is 1. The highest BCUT2D eigenvalue weighted by molar-refractivity contribution is 14.1. The van der Waals surface area contributed by atoms with Gasteiger partial charge in [-0.15, -0.1) is 12.4 Å². The van der Waals surface area contributed by atoms with Gasteiger partial charge in [0, 0.05) is 41.9 Å². The molecule has 1 saturated heterocycles. The molecule has 2 rings (SSSR count). The quantitative estimate of drug-likeness (QED) is 0.734. The van der Waals surface area contributed by atoms with Crippen LogP contribution in [0.2, 0.25) is 0 Å². The number of ether oxygens (including phenoxy) is 1. The summed E-state index contributed by atoms with van der Waals surface area (Å²) in [6.45, 7) is 8.56. The average Bonchev–Trinajstić information content (AvgIpc) is 2.43. The third kappa shape index (κ3) is 5.90. The summed E-state index contributed by atoms with van der Waals surface area (Å²) in [4.78, 5) is 4.69. The molecule has 1 aromatic rings. The lowest BCUT2D eigenvalue weighted by Crippen LogP contribution is -2.40. The van der Waals surface area contributed by atoms with Gasteiger partial charge in [0.15, 0.2) is 0 Å². The molecule has 1 aliphatic rings. The number of nitrogens with zero attached hydrogens (tertiary/aromatic N) is 2. The van der Waals surface area contributed by atoms with Crippen molar-refractivity contribution in [3.8, 4) is 5.75 Å². The second-order valence-corrected chi connectivity index (χ2v) is 6.67. The molecule has 0 unspecified atom stereocenters. The van der Waals surface area contributed by atoms with Gasteiger partial charge in [-0.1, -0.05) is 0 Å². The summed E-state index contributed by atoms with van der Waals surface area (Å²) in [5, 5.41) is 10.1. The predicted molar refractivity (Wildman–Crippen MR) is 96.4 cm³/mol. The Bertz CT molecular complexity index is 454. The summed E-state index contributed by atoms with van der Waals surface area (Å²) in [5.41, 5.74) is 1.97. The van der Waals surface area contributed by atoms with Crippen molar-refractivity contribution in [1.29, 1.82) is 0 Å². The van der Waals surface area contributed by atoms with Crippen LogP contribution in [-0.2, 0) is 11.3 Å². The van der Waals surface area contributed by atoms with Crippen molar-refractivity contribution < 1.29 is 9.84 Å². The highest BCUT2D eigenvalue weighted by Gasteiger charge is 2.12. The van der Waals surface area contributed by atoms with E-state index in [-0.39, 0.29) is 12.4 Å². The Balaban J connectivity index is 0.00000220. The van der Waals surface area contributed by atoms with Crippen molar-refractivity contribution in [2.24, 2.45) is 0 Å². The molecule has 1 heterocycles. The summed E-state index contributed by atoms with van der Waals surface area (Å²) < 4.78 is 6.53. The number of aromatic hydroxyl groups is 1. The number of likely N-dealkylation sites (N-methyl/N-ethyl adjacent to an activating group) is 1. The fourth-order valence-electron chi connectivity index (χ4n) is 2.43. The third-order valence-electron chi connectivity index (χ3n) is 3.69. The molecule has 0 saturated carbocycles. The number of phenols is 1. The van der Waals surface area contributed by atoms with Gasteiger partial charge < -0.3 is 14.7 Å². The van der Waals surface area contributed by atoms with E-state index in [0.29, 0.717) is 5.75 Å². The lowest BCUT2D eigenvalue weighted by Gasteiger charge is -2.28. The van der Waals surface area contributed by atoms with Crippen LogP contribution in [0.5, 0.6) is 5.75 Å². The monoisotopic (exact) mass is 426 g/mol. The van der Waals surface area contributed by atoms with E-state index in [2.05, 4.69) is 45.5 Å². The standard InChI is InChI=1S/C15H23IN2O2.ClH/c1-12-9-14(16)10-13(15(12)19)11-17(2)3-4-18-5-7-20-8-6-18;/h9-10,19H,3-8,11H2,1-2H3;1H. The highest BCUT2D eigenvalue weighted by atomic mass is 127. The number of morpholine rings is 1. The molecule has 0 atom stereocenters. The predicted octanol–water partition coefficient (Wildman–Crippen LogP) is 2.49. The van der Waals surface area contributed by atoms with Crippen molar-refractivity contribution in [3.05, 3.63) is 26.8 Å². The molecule has 0 aliphatic carbocycles. The molecule has 1 fully saturated rings. The topological polar surface area (TPSA) is 35.9 Å². The normalized spacial score (nSPS) is 16.0. The van der Waals surface area contributed by atoms with Crippen molar-refractivity contribution in [1.82, 2.24) is 9.80 Å². The molecule has 0 aromatic heterocycles. The summed E-state index contributed by atoms with van der Waals surface area (Å²) in [5.74, 6) is 0.434. The van der Waals surface area contributed by atoms with E-state index in [0.717, 1.165) is 57.1 Å². The fourth-order valence-corrected chi connectivity index (χ4v) is 3.28. The number of rotatable bonds is 5. The van der Waals surface area contributed by atoms with Crippen LogP contribution in [0.3, 0.4) is 0 Å². The van der Waals surface area contributed by atoms with Crippen molar-refractivity contribution >= 4 is 35.0 Å². The van der Waals surface area contributed by atoms with Gasteiger partial charge in [-0.25, -0.2) is 0 Å². The van der Waals surface area contributed by atoms with Crippen LogP contribution in [0, 0.1) is 10.5 Å². The molecule has 1 N–H and O–H groups in total. The van der Waals surface area contributed by atoms with Gasteiger partial charge in [-0.2, -0.15) is 0 Å². The molecule has 1 aromatic carbocycles. The van der Waals surface area contributed by atoms with Crippen molar-refractivity contribution in [2.45, 2.75) is 13.5 Å². The Morgan fingerprint density at radius 1 is 1.33 bits per heavy atom. The average molecular weight is 427 g/mol. The fraction of sp³-hybridized carbons (Fsp3) is 0.600. The second kappa shape index (κ2) is 9.15. The van der Waals surface area contributed by atoms with Gasteiger partial charge >= 0.3 is 0 Å². The SMILES string of the molecule is Cc1cc(I)cc(CN(C)CCN2CCOCC2)c1O.Cl. The van der Waals surface area contributed by atoms with E-state index in [9.17, 15) is 5.11 Å². The van der Waals surface area contributed by atoms with Crippen LogP contribution < -0.4 is 0 Å². The van der Waals surface area contributed by atoms with Gasteiger partial charge in [0.25, 0.3) is 0 Å². The van der Waals surface area contributed by atoms with E-state index in [1.165, 1.54) is 3.57 Å². The lowest BCUT2D eigenvalue weighted by molar-refractivity contribution is 0.0342. The zero-order valence-corrected chi connectivity index (χ0v) is 15.6. The van der Waals surface area contributed by atoms with E-state index in [1.54, 1.807) is 0 Å². The lowest BCUT2D eigenvalue weighted by atomic mass is 10.1. The van der Waals surface area contributed by atoms with Crippen LogP contribution in [0.15, 0.2) is 12.1 Å². The van der Waals surface area contributed by atoms with Gasteiger partial charge in [0.05, 0.1) is 13.2 Å². The van der Waals surface area contributed by atoms with E-state index >= 15 is 0 Å². The molecule has 1 aliphatic heterocycles. The van der Waals surface area contributed by atoms with Crippen LogP contribution in [0.1, 0.15) is 11.1 Å². The summed E-state index contributed by atoms with van der Waals surface area (Å²) in [7, 11) is 2.11. The first-order chi connectivity index (χ1) is 9.56. The molecule has 0 radical (unpaired) electrons. The zero-order chi connectivity index (χ0) is 14.5. The van der Waals surface area contributed by atoms with E-state index in [1.807, 2.05) is 13.0 Å². The Kier molecular flexibility index (Phi) is 8.26.